The van der Waals surface area contributed by atoms with Crippen molar-refractivity contribution in [3.63, 3.8) is 0 Å². The van der Waals surface area contributed by atoms with E-state index in [1.54, 1.807) is 12.1 Å². The number of benzene rings is 1. The highest BCUT2D eigenvalue weighted by atomic mass is 16.6. The van der Waals surface area contributed by atoms with Crippen molar-refractivity contribution in [2.75, 3.05) is 0 Å². The summed E-state index contributed by atoms with van der Waals surface area (Å²) in [5.41, 5.74) is 4.75. The van der Waals surface area contributed by atoms with Crippen molar-refractivity contribution in [1.82, 2.24) is 0 Å². The number of nitro benzene ring substituents is 1. The Balaban J connectivity index is 1.37. The van der Waals surface area contributed by atoms with Crippen molar-refractivity contribution in [1.29, 1.82) is 0 Å². The summed E-state index contributed by atoms with van der Waals surface area (Å²) in [6, 6.07) is 7.82. The van der Waals surface area contributed by atoms with Crippen molar-refractivity contribution in [3.05, 3.63) is 39.9 Å². The van der Waals surface area contributed by atoms with E-state index in [1.165, 1.54) is 82.6 Å². The van der Waals surface area contributed by atoms with Gasteiger partial charge in [0.15, 0.2) is 0 Å². The number of rotatable bonds is 3. The highest BCUT2D eigenvalue weighted by Gasteiger charge is 2.74. The van der Waals surface area contributed by atoms with Gasteiger partial charge in [-0.2, -0.15) is 0 Å². The third-order valence-corrected chi connectivity index (χ3v) is 12.0. The quantitative estimate of drug-likeness (QED) is 0.346. The summed E-state index contributed by atoms with van der Waals surface area (Å²) < 4.78 is 0. The first kappa shape index (κ1) is 20.9. The summed E-state index contributed by atoms with van der Waals surface area (Å²) in [5, 5.41) is 11.3. The number of hydrogen-bond acceptors (Lipinski definition) is 2. The van der Waals surface area contributed by atoms with Gasteiger partial charge in [0.2, 0.25) is 0 Å². The van der Waals surface area contributed by atoms with E-state index >= 15 is 0 Å². The summed E-state index contributed by atoms with van der Waals surface area (Å²) in [6.07, 6.45) is 17.0. The van der Waals surface area contributed by atoms with Crippen molar-refractivity contribution in [3.8, 4) is 0 Å². The fraction of sp³-hybridized carbons (Fsp3) is 0.800. The molecule has 0 radical (unpaired) electrons. The fourth-order valence-corrected chi connectivity index (χ4v) is 13.5. The predicted octanol–water partition coefficient (Wildman–Crippen LogP) is 8.21. The molecular formula is C30H41NO2. The lowest BCUT2D eigenvalue weighted by Gasteiger charge is -2.78. The fourth-order valence-electron chi connectivity index (χ4n) is 13.5. The average Bonchev–Trinajstić information content (AvgIpc) is 2.62. The molecule has 178 valence electrons. The zero-order chi connectivity index (χ0) is 23.1. The van der Waals surface area contributed by atoms with Crippen molar-refractivity contribution < 1.29 is 4.92 Å². The lowest BCUT2D eigenvalue weighted by Crippen LogP contribution is -2.69. The zero-order valence-corrected chi connectivity index (χ0v) is 21.1. The Morgan fingerprint density at radius 2 is 1.18 bits per heavy atom. The standard InChI is InChI=1S/C30H41NO2/c1-24-9-21-10-25(2,12-24)17-29(11-21,16-24)30-18-26(3)13-27(4,19-30)15-28(14-26,20-30)22-5-7-23(8-6-22)31(32)33/h5-8,21H,9-20H2,1-4H3. The van der Waals surface area contributed by atoms with E-state index in [0.717, 1.165) is 5.92 Å². The maximum absolute atomic E-state index is 11.3. The topological polar surface area (TPSA) is 43.1 Å². The number of nitrogens with zero attached hydrogens (tertiary/aromatic N) is 1. The van der Waals surface area contributed by atoms with Gasteiger partial charge >= 0.3 is 0 Å². The number of nitro groups is 1. The molecule has 3 nitrogen and oxygen atoms in total. The van der Waals surface area contributed by atoms with Crippen LogP contribution in [-0.4, -0.2) is 4.92 Å². The molecular weight excluding hydrogens is 406 g/mol. The van der Waals surface area contributed by atoms with Crippen LogP contribution < -0.4 is 0 Å². The van der Waals surface area contributed by atoms with Gasteiger partial charge in [-0.25, -0.2) is 0 Å². The van der Waals surface area contributed by atoms with E-state index in [4.69, 9.17) is 0 Å². The zero-order valence-electron chi connectivity index (χ0n) is 21.1. The summed E-state index contributed by atoms with van der Waals surface area (Å²) in [5.74, 6) is 0.945. The molecule has 0 heterocycles. The predicted molar refractivity (Wildman–Crippen MR) is 131 cm³/mol. The van der Waals surface area contributed by atoms with Gasteiger partial charge in [-0.05, 0) is 126 Å². The second-order valence-corrected chi connectivity index (χ2v) is 16.0. The van der Waals surface area contributed by atoms with Crippen LogP contribution in [0.3, 0.4) is 0 Å². The minimum absolute atomic E-state index is 0.207. The summed E-state index contributed by atoms with van der Waals surface area (Å²) in [6.45, 7) is 10.5. The lowest BCUT2D eigenvalue weighted by molar-refractivity contribution is -0.384. The second-order valence-electron chi connectivity index (χ2n) is 16.0. The molecule has 4 atom stereocenters. The summed E-state index contributed by atoms with van der Waals surface area (Å²) in [4.78, 5) is 11.1. The van der Waals surface area contributed by atoms with E-state index in [-0.39, 0.29) is 16.0 Å². The highest BCUT2D eigenvalue weighted by molar-refractivity contribution is 5.40. The van der Waals surface area contributed by atoms with Gasteiger partial charge in [0.05, 0.1) is 4.92 Å². The Labute approximate surface area is 199 Å². The largest absolute Gasteiger partial charge is 0.269 e. The third kappa shape index (κ3) is 2.69. The van der Waals surface area contributed by atoms with Gasteiger partial charge in [-0.1, -0.05) is 39.8 Å². The minimum atomic E-state index is -0.246. The third-order valence-electron chi connectivity index (χ3n) is 12.0. The summed E-state index contributed by atoms with van der Waals surface area (Å²) in [7, 11) is 0. The van der Waals surface area contributed by atoms with E-state index in [9.17, 15) is 10.1 Å². The molecule has 0 saturated heterocycles. The van der Waals surface area contributed by atoms with Crippen LogP contribution in [0.4, 0.5) is 5.69 Å². The normalized spacial score (nSPS) is 55.8. The Morgan fingerprint density at radius 3 is 1.70 bits per heavy atom. The first-order valence-electron chi connectivity index (χ1n) is 13.6. The van der Waals surface area contributed by atoms with E-state index in [2.05, 4.69) is 39.8 Å². The molecule has 0 aromatic heterocycles. The minimum Gasteiger partial charge on any atom is -0.258 e. The molecule has 8 bridgehead atoms. The van der Waals surface area contributed by atoms with Gasteiger partial charge in [-0.3, -0.25) is 10.1 Å². The molecule has 0 spiro atoms. The van der Waals surface area contributed by atoms with E-state index < -0.39 is 0 Å². The Bertz CT molecular complexity index is 1020. The molecule has 8 aliphatic carbocycles. The lowest BCUT2D eigenvalue weighted by atomic mass is 9.26. The van der Waals surface area contributed by atoms with Crippen LogP contribution in [0.2, 0.25) is 0 Å². The van der Waals surface area contributed by atoms with Crippen LogP contribution >= 0.6 is 0 Å². The SMILES string of the molecule is CC12CC3CC(C)(C1)CC(C14CC5(C)CC(C)(CC(c6ccc([N+](=O)[O-])cc6)(C5)C1)C4)(C3)C2. The molecule has 8 fully saturated rings. The first-order chi connectivity index (χ1) is 15.3. The van der Waals surface area contributed by atoms with Crippen LogP contribution in [0.15, 0.2) is 24.3 Å². The number of hydrogen-bond donors (Lipinski definition) is 0. The monoisotopic (exact) mass is 447 g/mol. The van der Waals surface area contributed by atoms with Crippen LogP contribution in [0.25, 0.3) is 0 Å². The molecule has 0 amide bonds. The van der Waals surface area contributed by atoms with Gasteiger partial charge in [0.1, 0.15) is 0 Å². The molecule has 1 aromatic carbocycles. The first-order valence-corrected chi connectivity index (χ1v) is 13.6. The highest BCUT2D eigenvalue weighted by Crippen LogP contribution is 2.83. The van der Waals surface area contributed by atoms with Crippen LogP contribution in [0.5, 0.6) is 0 Å². The van der Waals surface area contributed by atoms with E-state index in [0.29, 0.717) is 32.5 Å². The molecule has 0 N–H and O–H groups in total. The average molecular weight is 448 g/mol. The molecule has 8 aliphatic rings. The van der Waals surface area contributed by atoms with Gasteiger partial charge in [0, 0.05) is 12.1 Å². The van der Waals surface area contributed by atoms with Crippen molar-refractivity contribution >= 4 is 5.69 Å². The smallest absolute Gasteiger partial charge is 0.258 e. The van der Waals surface area contributed by atoms with E-state index in [1.807, 2.05) is 0 Å². The molecule has 33 heavy (non-hydrogen) atoms. The van der Waals surface area contributed by atoms with Crippen molar-refractivity contribution in [2.45, 2.75) is 110 Å². The Morgan fingerprint density at radius 1 is 0.667 bits per heavy atom. The maximum Gasteiger partial charge on any atom is 0.269 e. The summed E-state index contributed by atoms with van der Waals surface area (Å²) >= 11 is 0. The van der Waals surface area contributed by atoms with Crippen LogP contribution in [0.1, 0.15) is 110 Å². The van der Waals surface area contributed by atoms with Gasteiger partial charge in [-0.15, -0.1) is 0 Å². The molecule has 0 aliphatic heterocycles. The molecule has 4 unspecified atom stereocenters. The van der Waals surface area contributed by atoms with Crippen molar-refractivity contribution in [2.24, 2.45) is 38.4 Å². The maximum atomic E-state index is 11.3. The van der Waals surface area contributed by atoms with Gasteiger partial charge in [0.25, 0.3) is 5.69 Å². The van der Waals surface area contributed by atoms with Crippen LogP contribution in [0, 0.1) is 48.5 Å². The number of non-ortho nitro benzene ring substituents is 1. The Hall–Kier alpha value is -1.38. The van der Waals surface area contributed by atoms with Crippen LogP contribution in [-0.2, 0) is 5.41 Å². The molecule has 8 saturated carbocycles. The molecule has 3 heteroatoms. The van der Waals surface area contributed by atoms with Gasteiger partial charge < -0.3 is 0 Å². The molecule has 1 aromatic rings. The molecule has 9 rings (SSSR count). The second kappa shape index (κ2) is 5.71. The Kier molecular flexibility index (Phi) is 3.62.